The summed E-state index contributed by atoms with van der Waals surface area (Å²) in [4.78, 5) is 17.9. The second-order valence-corrected chi connectivity index (χ2v) is 5.59. The van der Waals surface area contributed by atoms with Crippen LogP contribution in [0.3, 0.4) is 0 Å². The summed E-state index contributed by atoms with van der Waals surface area (Å²) in [6.07, 6.45) is 2.55. The summed E-state index contributed by atoms with van der Waals surface area (Å²) in [6.45, 7) is 5.61. The summed E-state index contributed by atoms with van der Waals surface area (Å²) in [5, 5.41) is 6.42. The lowest BCUT2D eigenvalue weighted by atomic mass is 10.2. The molecule has 2 rings (SSSR count). The zero-order valence-corrected chi connectivity index (χ0v) is 13.6. The lowest BCUT2D eigenvalue weighted by Gasteiger charge is -2.16. The van der Waals surface area contributed by atoms with Crippen LogP contribution in [0.15, 0.2) is 29.3 Å². The Morgan fingerprint density at radius 3 is 2.96 bits per heavy atom. The summed E-state index contributed by atoms with van der Waals surface area (Å²) in [5.74, 6) is 0.729. The molecule has 1 aliphatic rings. The molecule has 1 saturated heterocycles. The molecule has 0 saturated carbocycles. The van der Waals surface area contributed by atoms with Crippen molar-refractivity contribution in [1.82, 2.24) is 15.5 Å². The molecule has 1 aromatic rings. The van der Waals surface area contributed by atoms with Crippen molar-refractivity contribution in [2.45, 2.75) is 32.7 Å². The van der Waals surface area contributed by atoms with E-state index in [-0.39, 0.29) is 11.7 Å². The number of nitrogens with one attached hydrogen (secondary N) is 2. The topological polar surface area (TPSA) is 56.7 Å². The average Bonchev–Trinajstić information content (AvgIpc) is 2.94. The van der Waals surface area contributed by atoms with Gasteiger partial charge in [0.05, 0.1) is 6.54 Å². The van der Waals surface area contributed by atoms with E-state index in [1.165, 1.54) is 12.1 Å². The van der Waals surface area contributed by atoms with E-state index in [1.54, 1.807) is 6.07 Å². The monoisotopic (exact) mass is 320 g/mol. The minimum atomic E-state index is -0.244. The van der Waals surface area contributed by atoms with Crippen LogP contribution < -0.4 is 10.6 Å². The second kappa shape index (κ2) is 9.12. The van der Waals surface area contributed by atoms with Crippen LogP contribution >= 0.6 is 0 Å². The van der Waals surface area contributed by atoms with Crippen molar-refractivity contribution < 1.29 is 9.18 Å². The van der Waals surface area contributed by atoms with Gasteiger partial charge in [0.15, 0.2) is 5.96 Å². The van der Waals surface area contributed by atoms with Crippen molar-refractivity contribution in [3.05, 3.63) is 35.6 Å². The van der Waals surface area contributed by atoms with Crippen molar-refractivity contribution in [1.29, 1.82) is 0 Å². The number of amides is 1. The number of hydrogen-bond donors (Lipinski definition) is 2. The smallest absolute Gasteiger partial charge is 0.222 e. The molecular weight excluding hydrogens is 295 g/mol. The molecular formula is C17H25FN4O. The zero-order valence-electron chi connectivity index (χ0n) is 13.6. The van der Waals surface area contributed by atoms with Crippen molar-refractivity contribution >= 4 is 11.9 Å². The molecule has 2 N–H and O–H groups in total. The molecule has 6 heteroatoms. The first-order valence-corrected chi connectivity index (χ1v) is 8.23. The zero-order chi connectivity index (χ0) is 16.5. The second-order valence-electron chi connectivity index (χ2n) is 5.59. The highest BCUT2D eigenvalue weighted by atomic mass is 19.1. The molecule has 0 unspecified atom stereocenters. The quantitative estimate of drug-likeness (QED) is 0.458. The van der Waals surface area contributed by atoms with Gasteiger partial charge in [0.25, 0.3) is 0 Å². The Morgan fingerprint density at radius 2 is 2.26 bits per heavy atom. The Morgan fingerprint density at radius 1 is 1.39 bits per heavy atom. The Kier molecular flexibility index (Phi) is 6.84. The predicted octanol–water partition coefficient (Wildman–Crippen LogP) is 1.89. The van der Waals surface area contributed by atoms with Crippen LogP contribution in [-0.2, 0) is 11.3 Å². The predicted molar refractivity (Wildman–Crippen MR) is 89.6 cm³/mol. The fourth-order valence-corrected chi connectivity index (χ4v) is 2.56. The number of halogens is 1. The van der Waals surface area contributed by atoms with E-state index in [1.807, 2.05) is 17.9 Å². The van der Waals surface area contributed by atoms with E-state index in [2.05, 4.69) is 15.6 Å². The van der Waals surface area contributed by atoms with Crippen LogP contribution in [-0.4, -0.2) is 42.9 Å². The van der Waals surface area contributed by atoms with Gasteiger partial charge in [-0.2, -0.15) is 0 Å². The molecule has 5 nitrogen and oxygen atoms in total. The van der Waals surface area contributed by atoms with Gasteiger partial charge in [0.1, 0.15) is 5.82 Å². The normalized spacial score (nSPS) is 15.1. The molecule has 0 aromatic heterocycles. The summed E-state index contributed by atoms with van der Waals surface area (Å²) in [5.41, 5.74) is 0.838. The first kappa shape index (κ1) is 17.2. The van der Waals surface area contributed by atoms with E-state index in [9.17, 15) is 9.18 Å². The van der Waals surface area contributed by atoms with Gasteiger partial charge < -0.3 is 15.5 Å². The van der Waals surface area contributed by atoms with E-state index in [4.69, 9.17) is 0 Å². The Bertz CT molecular complexity index is 547. The number of hydrogen-bond acceptors (Lipinski definition) is 2. The number of carbonyl (C=O) groups excluding carboxylic acids is 1. The number of likely N-dealkylation sites (tertiary alicyclic amines) is 1. The third-order valence-corrected chi connectivity index (χ3v) is 3.72. The fourth-order valence-electron chi connectivity index (χ4n) is 2.56. The Labute approximate surface area is 137 Å². The third-order valence-electron chi connectivity index (χ3n) is 3.72. The number of carbonyl (C=O) groups is 1. The molecule has 0 radical (unpaired) electrons. The molecule has 0 atom stereocenters. The molecule has 1 aromatic carbocycles. The van der Waals surface area contributed by atoms with Crippen molar-refractivity contribution in [3.63, 3.8) is 0 Å². The van der Waals surface area contributed by atoms with Crippen LogP contribution in [0.4, 0.5) is 4.39 Å². The Hall–Kier alpha value is -2.11. The van der Waals surface area contributed by atoms with Crippen LogP contribution in [0, 0.1) is 5.82 Å². The maximum atomic E-state index is 13.2. The molecule has 0 aliphatic carbocycles. The van der Waals surface area contributed by atoms with Crippen LogP contribution in [0.5, 0.6) is 0 Å². The van der Waals surface area contributed by atoms with Gasteiger partial charge in [-0.25, -0.2) is 9.38 Å². The van der Waals surface area contributed by atoms with Gasteiger partial charge in [-0.3, -0.25) is 4.79 Å². The highest BCUT2D eigenvalue weighted by molar-refractivity contribution is 5.79. The molecule has 1 fully saturated rings. The van der Waals surface area contributed by atoms with Gasteiger partial charge in [-0.05, 0) is 37.5 Å². The lowest BCUT2D eigenvalue weighted by Crippen LogP contribution is -2.39. The summed E-state index contributed by atoms with van der Waals surface area (Å²) in [7, 11) is 0. The van der Waals surface area contributed by atoms with Crippen LogP contribution in [0.2, 0.25) is 0 Å². The first-order valence-electron chi connectivity index (χ1n) is 8.23. The van der Waals surface area contributed by atoms with Crippen molar-refractivity contribution in [3.8, 4) is 0 Å². The van der Waals surface area contributed by atoms with E-state index in [0.29, 0.717) is 18.9 Å². The highest BCUT2D eigenvalue weighted by Gasteiger charge is 2.18. The minimum absolute atomic E-state index is 0.244. The minimum Gasteiger partial charge on any atom is -0.357 e. The Balaban J connectivity index is 1.76. The molecule has 1 heterocycles. The van der Waals surface area contributed by atoms with Gasteiger partial charge in [0, 0.05) is 32.6 Å². The lowest BCUT2D eigenvalue weighted by molar-refractivity contribution is -0.127. The van der Waals surface area contributed by atoms with Crippen LogP contribution in [0.25, 0.3) is 0 Å². The van der Waals surface area contributed by atoms with Gasteiger partial charge >= 0.3 is 0 Å². The molecule has 0 bridgehead atoms. The summed E-state index contributed by atoms with van der Waals surface area (Å²) >= 11 is 0. The average molecular weight is 320 g/mol. The van der Waals surface area contributed by atoms with Gasteiger partial charge in [-0.1, -0.05) is 12.1 Å². The van der Waals surface area contributed by atoms with Gasteiger partial charge in [-0.15, -0.1) is 0 Å². The fraction of sp³-hybridized carbons (Fsp3) is 0.529. The molecule has 23 heavy (non-hydrogen) atoms. The molecule has 126 valence electrons. The largest absolute Gasteiger partial charge is 0.357 e. The molecule has 1 amide bonds. The first-order chi connectivity index (χ1) is 11.2. The van der Waals surface area contributed by atoms with E-state index < -0.39 is 0 Å². The number of benzene rings is 1. The SMILES string of the molecule is CCNC(=NCc1cccc(F)c1)NCCCN1CCCC1=O. The van der Waals surface area contributed by atoms with Crippen molar-refractivity contribution in [2.75, 3.05) is 26.2 Å². The number of nitrogens with zero attached hydrogens (tertiary/aromatic N) is 2. The number of aliphatic imine (C=N–C) groups is 1. The van der Waals surface area contributed by atoms with Crippen molar-refractivity contribution in [2.24, 2.45) is 4.99 Å². The summed E-state index contributed by atoms with van der Waals surface area (Å²) in [6, 6.07) is 6.46. The van der Waals surface area contributed by atoms with Crippen LogP contribution in [0.1, 0.15) is 31.7 Å². The van der Waals surface area contributed by atoms with Gasteiger partial charge in [0.2, 0.25) is 5.91 Å². The maximum absolute atomic E-state index is 13.2. The molecule has 0 spiro atoms. The number of guanidine groups is 1. The third kappa shape index (κ3) is 5.88. The number of rotatable bonds is 7. The van der Waals surface area contributed by atoms with E-state index in [0.717, 1.165) is 44.6 Å². The molecule has 1 aliphatic heterocycles. The summed E-state index contributed by atoms with van der Waals surface area (Å²) < 4.78 is 13.2. The maximum Gasteiger partial charge on any atom is 0.222 e. The standard InChI is InChI=1S/C17H25FN4O/c1-2-19-17(21-13-14-6-3-7-15(18)12-14)20-9-5-11-22-10-4-8-16(22)23/h3,6-7,12H,2,4-5,8-11,13H2,1H3,(H2,19,20,21). The van der Waals surface area contributed by atoms with E-state index >= 15 is 0 Å². The highest BCUT2D eigenvalue weighted by Crippen LogP contribution is 2.09.